The first-order valence-electron chi connectivity index (χ1n) is 16.4. The standard InChI is InChI=1S/C45H36N2/c1-3-4-6-13-31(2)41-29-33(22-26-43(41)46-36-24-25-39-35(28-36)21-20-32-14-9-10-17-38(32)39)34-23-27-45-42(30-34)40-18-11-12-19-44(40)47(45)37-15-7-5-8-16-37/h3-11,13-18,20-30,46H,2,12,19H2,1H3/b4-3-,13-6-. The summed E-state index contributed by atoms with van der Waals surface area (Å²) < 4.78 is 2.44. The van der Waals surface area contributed by atoms with E-state index >= 15 is 0 Å². The van der Waals surface area contributed by atoms with Gasteiger partial charge in [0.15, 0.2) is 0 Å². The average molecular weight is 605 g/mol. The highest BCUT2D eigenvalue weighted by molar-refractivity contribution is 6.08. The van der Waals surface area contributed by atoms with Crippen LogP contribution in [-0.2, 0) is 6.42 Å². The smallest absolute Gasteiger partial charge is 0.0538 e. The van der Waals surface area contributed by atoms with E-state index in [-0.39, 0.29) is 0 Å². The Hall–Kier alpha value is -5.86. The Morgan fingerprint density at radius 1 is 0.723 bits per heavy atom. The van der Waals surface area contributed by atoms with Crippen LogP contribution in [0, 0.1) is 0 Å². The number of hydrogen-bond acceptors (Lipinski definition) is 1. The predicted octanol–water partition coefficient (Wildman–Crippen LogP) is 12.5. The van der Waals surface area contributed by atoms with Crippen molar-refractivity contribution >= 4 is 55.5 Å². The Labute approximate surface area is 276 Å². The zero-order valence-electron chi connectivity index (χ0n) is 26.6. The first-order valence-corrected chi connectivity index (χ1v) is 16.4. The van der Waals surface area contributed by atoms with E-state index in [1.54, 1.807) is 0 Å². The van der Waals surface area contributed by atoms with Crippen molar-refractivity contribution in [3.63, 3.8) is 0 Å². The topological polar surface area (TPSA) is 17.0 Å². The summed E-state index contributed by atoms with van der Waals surface area (Å²) in [6.07, 6.45) is 14.9. The molecule has 0 spiro atoms. The van der Waals surface area contributed by atoms with Crippen molar-refractivity contribution in [2.45, 2.75) is 19.8 Å². The summed E-state index contributed by atoms with van der Waals surface area (Å²) in [5.74, 6) is 0. The molecular formula is C45H36N2. The molecule has 0 unspecified atom stereocenters. The van der Waals surface area contributed by atoms with Crippen LogP contribution in [0.4, 0.5) is 11.4 Å². The van der Waals surface area contributed by atoms with Gasteiger partial charge in [-0.25, -0.2) is 0 Å². The second kappa shape index (κ2) is 12.2. The third kappa shape index (κ3) is 5.28. The minimum atomic E-state index is 0.954. The molecule has 1 aromatic heterocycles. The van der Waals surface area contributed by atoms with E-state index in [1.165, 1.54) is 60.5 Å². The molecule has 0 amide bonds. The molecule has 1 N–H and O–H groups in total. The van der Waals surface area contributed by atoms with Gasteiger partial charge in [-0.15, -0.1) is 0 Å². The summed E-state index contributed by atoms with van der Waals surface area (Å²) in [5, 5.41) is 10.0. The number of para-hydroxylation sites is 1. The van der Waals surface area contributed by atoms with Gasteiger partial charge in [0.2, 0.25) is 0 Å². The van der Waals surface area contributed by atoms with Crippen LogP contribution in [-0.4, -0.2) is 4.57 Å². The van der Waals surface area contributed by atoms with Crippen molar-refractivity contribution in [1.29, 1.82) is 0 Å². The molecule has 1 heterocycles. The lowest BCUT2D eigenvalue weighted by molar-refractivity contribution is 0.888. The van der Waals surface area contributed by atoms with Crippen LogP contribution in [0.15, 0.2) is 158 Å². The number of anilines is 2. The largest absolute Gasteiger partial charge is 0.355 e. The SMILES string of the molecule is C=C(/C=C\C=C/C)c1cc(-c2ccc3c(c2)c2c(n3-c3ccccc3)CCC=C2)ccc1Nc1ccc2c(ccc3ccccc32)c1. The lowest BCUT2D eigenvalue weighted by Crippen LogP contribution is -2.02. The molecule has 1 aliphatic carbocycles. The van der Waals surface area contributed by atoms with E-state index in [1.807, 2.05) is 19.1 Å². The maximum atomic E-state index is 4.49. The highest BCUT2D eigenvalue weighted by Gasteiger charge is 2.19. The third-order valence-corrected chi connectivity index (χ3v) is 9.28. The van der Waals surface area contributed by atoms with Crippen LogP contribution < -0.4 is 5.32 Å². The predicted molar refractivity (Wildman–Crippen MR) is 204 cm³/mol. The fourth-order valence-electron chi connectivity index (χ4n) is 6.99. The van der Waals surface area contributed by atoms with Crippen LogP contribution in [0.1, 0.15) is 30.2 Å². The van der Waals surface area contributed by atoms with Crippen molar-refractivity contribution in [3.8, 4) is 16.8 Å². The maximum absolute atomic E-state index is 4.49. The van der Waals surface area contributed by atoms with Gasteiger partial charge in [-0.1, -0.05) is 116 Å². The van der Waals surface area contributed by atoms with Gasteiger partial charge in [0.1, 0.15) is 0 Å². The number of aromatic nitrogens is 1. The Kier molecular flexibility index (Phi) is 7.39. The molecule has 0 saturated heterocycles. The quantitative estimate of drug-likeness (QED) is 0.141. The molecule has 0 atom stereocenters. The van der Waals surface area contributed by atoms with Crippen molar-refractivity contribution in [2.75, 3.05) is 5.32 Å². The molecular weight excluding hydrogens is 569 g/mol. The molecule has 0 saturated carbocycles. The van der Waals surface area contributed by atoms with Gasteiger partial charge >= 0.3 is 0 Å². The lowest BCUT2D eigenvalue weighted by atomic mass is 9.95. The number of fused-ring (bicyclic) bond motifs is 6. The summed E-state index contributed by atoms with van der Waals surface area (Å²) in [5.41, 5.74) is 11.6. The van der Waals surface area contributed by atoms with E-state index in [4.69, 9.17) is 0 Å². The summed E-state index contributed by atoms with van der Waals surface area (Å²) in [4.78, 5) is 0. The van der Waals surface area contributed by atoms with Gasteiger partial charge in [0.25, 0.3) is 0 Å². The summed E-state index contributed by atoms with van der Waals surface area (Å²) in [6.45, 7) is 6.52. The van der Waals surface area contributed by atoms with Gasteiger partial charge in [-0.2, -0.15) is 0 Å². The Morgan fingerprint density at radius 2 is 1.51 bits per heavy atom. The number of allylic oxidation sites excluding steroid dienone is 6. The highest BCUT2D eigenvalue weighted by atomic mass is 15.0. The normalized spacial score (nSPS) is 12.9. The monoisotopic (exact) mass is 604 g/mol. The molecule has 0 radical (unpaired) electrons. The minimum Gasteiger partial charge on any atom is -0.355 e. The minimum absolute atomic E-state index is 0.954. The molecule has 7 aromatic rings. The summed E-state index contributed by atoms with van der Waals surface area (Å²) in [6, 6.07) is 43.9. The number of rotatable bonds is 7. The lowest BCUT2D eigenvalue weighted by Gasteiger charge is -2.16. The maximum Gasteiger partial charge on any atom is 0.0538 e. The Balaban J connectivity index is 1.21. The molecule has 0 fully saturated rings. The molecule has 2 heteroatoms. The number of hydrogen-bond donors (Lipinski definition) is 1. The molecule has 1 aliphatic rings. The summed E-state index contributed by atoms with van der Waals surface area (Å²) in [7, 11) is 0. The van der Waals surface area contributed by atoms with E-state index in [0.717, 1.165) is 35.4 Å². The van der Waals surface area contributed by atoms with Gasteiger partial charge in [0.05, 0.1) is 5.52 Å². The van der Waals surface area contributed by atoms with Crippen LogP contribution >= 0.6 is 0 Å². The fraction of sp³-hybridized carbons (Fsp3) is 0.0667. The molecule has 6 aromatic carbocycles. The zero-order valence-corrected chi connectivity index (χ0v) is 26.6. The molecule has 0 aliphatic heterocycles. The Morgan fingerprint density at radius 3 is 2.40 bits per heavy atom. The van der Waals surface area contributed by atoms with E-state index < -0.39 is 0 Å². The van der Waals surface area contributed by atoms with Crippen LogP contribution in [0.3, 0.4) is 0 Å². The van der Waals surface area contributed by atoms with Crippen LogP contribution in [0.25, 0.3) is 60.9 Å². The second-order valence-electron chi connectivity index (χ2n) is 12.2. The van der Waals surface area contributed by atoms with Gasteiger partial charge in [-0.05, 0) is 107 Å². The molecule has 0 bridgehead atoms. The van der Waals surface area contributed by atoms with Crippen LogP contribution in [0.2, 0.25) is 0 Å². The molecule has 226 valence electrons. The van der Waals surface area contributed by atoms with E-state index in [0.29, 0.717) is 0 Å². The van der Waals surface area contributed by atoms with E-state index in [2.05, 4.69) is 162 Å². The van der Waals surface area contributed by atoms with Gasteiger partial charge in [-0.3, -0.25) is 0 Å². The van der Waals surface area contributed by atoms with Crippen molar-refractivity contribution in [3.05, 3.63) is 175 Å². The van der Waals surface area contributed by atoms with Gasteiger partial charge < -0.3 is 9.88 Å². The first kappa shape index (κ1) is 28.6. The third-order valence-electron chi connectivity index (χ3n) is 9.28. The number of nitrogens with zero attached hydrogens (tertiary/aromatic N) is 1. The van der Waals surface area contributed by atoms with Crippen LogP contribution in [0.5, 0.6) is 0 Å². The van der Waals surface area contributed by atoms with Gasteiger partial charge in [0, 0.05) is 39.3 Å². The zero-order chi connectivity index (χ0) is 31.7. The highest BCUT2D eigenvalue weighted by Crippen LogP contribution is 2.38. The van der Waals surface area contributed by atoms with E-state index in [9.17, 15) is 0 Å². The fourth-order valence-corrected chi connectivity index (χ4v) is 6.99. The second-order valence-corrected chi connectivity index (χ2v) is 12.2. The summed E-state index contributed by atoms with van der Waals surface area (Å²) >= 11 is 0. The number of benzene rings is 6. The van der Waals surface area contributed by atoms with Crippen molar-refractivity contribution in [1.82, 2.24) is 4.57 Å². The Bertz CT molecular complexity index is 2400. The van der Waals surface area contributed by atoms with Crippen molar-refractivity contribution < 1.29 is 0 Å². The first-order chi connectivity index (χ1) is 23.2. The molecule has 8 rings (SSSR count). The average Bonchev–Trinajstić information content (AvgIpc) is 3.46. The molecule has 47 heavy (non-hydrogen) atoms. The van der Waals surface area contributed by atoms with Crippen molar-refractivity contribution in [2.24, 2.45) is 0 Å². The molecule has 2 nitrogen and oxygen atoms in total. The number of nitrogens with one attached hydrogen (secondary N) is 1.